The molecule has 0 saturated heterocycles. The van der Waals surface area contributed by atoms with E-state index in [1.54, 1.807) is 10.6 Å². The van der Waals surface area contributed by atoms with Crippen LogP contribution in [-0.4, -0.2) is 33.8 Å². The molecule has 2 aromatic rings. The molecule has 5 nitrogen and oxygen atoms in total. The Bertz CT molecular complexity index is 694. The molecule has 0 atom stereocenters. The molecule has 0 N–H and O–H groups in total. The number of hydrogen-bond acceptors (Lipinski definition) is 4. The average molecular weight is 298 g/mol. The van der Waals surface area contributed by atoms with Gasteiger partial charge in [-0.3, -0.25) is 4.57 Å². The lowest BCUT2D eigenvalue weighted by molar-refractivity contribution is -0.160. The number of pyridine rings is 1. The maximum absolute atomic E-state index is 13.4. The second-order valence-corrected chi connectivity index (χ2v) is 5.46. The van der Waals surface area contributed by atoms with Gasteiger partial charge < -0.3 is 4.74 Å². The summed E-state index contributed by atoms with van der Waals surface area (Å²) in [6.45, 7) is 1.86. The summed E-state index contributed by atoms with van der Waals surface area (Å²) in [5.41, 5.74) is 0.926. The lowest BCUT2D eigenvalue weighted by Crippen LogP contribution is -2.54. The molecule has 0 bridgehead atoms. The Morgan fingerprint density at radius 2 is 2.30 bits per heavy atom. The number of imidazole rings is 1. The maximum atomic E-state index is 13.4. The van der Waals surface area contributed by atoms with Crippen molar-refractivity contribution in [2.45, 2.75) is 31.5 Å². The molecule has 0 amide bonds. The second kappa shape index (κ2) is 4.41. The number of hydrogen-bond donors (Lipinski definition) is 0. The molecule has 106 valence electrons. The molecule has 0 spiro atoms. The van der Waals surface area contributed by atoms with Gasteiger partial charge in [0.15, 0.2) is 11.2 Å². The number of esters is 1. The maximum Gasteiger partial charge on any atom is 0.332 e. The summed E-state index contributed by atoms with van der Waals surface area (Å²) in [6.07, 6.45) is 0.618. The van der Waals surface area contributed by atoms with Crippen molar-refractivity contribution < 1.29 is 13.9 Å². The number of carbonyl (C=O) groups excluding carboxylic acids is 1. The summed E-state index contributed by atoms with van der Waals surface area (Å²) in [5, 5.41) is 0.313. The van der Waals surface area contributed by atoms with Gasteiger partial charge in [0.2, 0.25) is 0 Å². The fraction of sp³-hybridized carbons (Fsp3) is 0.462. The first kappa shape index (κ1) is 13.3. The van der Waals surface area contributed by atoms with Gasteiger partial charge in [-0.1, -0.05) is 11.6 Å². The van der Waals surface area contributed by atoms with Crippen molar-refractivity contribution in [1.29, 1.82) is 0 Å². The molecular weight excluding hydrogens is 285 g/mol. The molecular formula is C13H13ClFN3O2. The van der Waals surface area contributed by atoms with Gasteiger partial charge in [0, 0.05) is 12.8 Å². The number of ether oxygens (including phenoxy) is 1. The smallest absolute Gasteiger partial charge is 0.332 e. The highest BCUT2D eigenvalue weighted by atomic mass is 35.5. The van der Waals surface area contributed by atoms with Crippen LogP contribution in [0, 0.1) is 6.92 Å². The number of halogens is 2. The van der Waals surface area contributed by atoms with E-state index < -0.39 is 17.7 Å². The molecule has 1 aliphatic rings. The second-order valence-electron chi connectivity index (χ2n) is 5.08. The zero-order valence-electron chi connectivity index (χ0n) is 11.1. The van der Waals surface area contributed by atoms with Crippen LogP contribution in [-0.2, 0) is 15.1 Å². The summed E-state index contributed by atoms with van der Waals surface area (Å²) in [7, 11) is 1.29. The molecule has 1 aliphatic carbocycles. The van der Waals surface area contributed by atoms with Crippen LogP contribution in [0.4, 0.5) is 4.39 Å². The van der Waals surface area contributed by atoms with Crippen molar-refractivity contribution >= 4 is 28.7 Å². The third-order valence-electron chi connectivity index (χ3n) is 3.81. The minimum absolute atomic E-state index is 0.0678. The first-order valence-electron chi connectivity index (χ1n) is 6.21. The van der Waals surface area contributed by atoms with Gasteiger partial charge in [-0.25, -0.2) is 19.2 Å². The van der Waals surface area contributed by atoms with E-state index in [4.69, 9.17) is 16.3 Å². The van der Waals surface area contributed by atoms with E-state index in [-0.39, 0.29) is 12.8 Å². The molecule has 0 radical (unpaired) electrons. The van der Waals surface area contributed by atoms with Crippen LogP contribution in [0.15, 0.2) is 12.4 Å². The van der Waals surface area contributed by atoms with Crippen LogP contribution in [0.3, 0.4) is 0 Å². The number of methoxy groups -OCH3 is 1. The normalized spacial score (nSPS) is 25.5. The average Bonchev–Trinajstić information content (AvgIpc) is 2.78. The van der Waals surface area contributed by atoms with Gasteiger partial charge in [0.25, 0.3) is 0 Å². The Kier molecular flexibility index (Phi) is 2.93. The predicted molar refractivity (Wildman–Crippen MR) is 71.4 cm³/mol. The van der Waals surface area contributed by atoms with Crippen LogP contribution < -0.4 is 0 Å². The summed E-state index contributed by atoms with van der Waals surface area (Å²) in [6, 6.07) is 1.70. The van der Waals surface area contributed by atoms with E-state index in [0.29, 0.717) is 16.3 Å². The topological polar surface area (TPSA) is 57.0 Å². The van der Waals surface area contributed by atoms with Crippen molar-refractivity contribution in [2.75, 3.05) is 7.11 Å². The molecule has 0 unspecified atom stereocenters. The van der Waals surface area contributed by atoms with Gasteiger partial charge in [-0.15, -0.1) is 0 Å². The third kappa shape index (κ3) is 1.71. The zero-order valence-corrected chi connectivity index (χ0v) is 11.8. The fourth-order valence-electron chi connectivity index (χ4n) is 2.75. The number of rotatable bonds is 2. The molecule has 1 fully saturated rings. The summed E-state index contributed by atoms with van der Waals surface area (Å²) in [5.74, 6) is -0.481. The summed E-state index contributed by atoms with van der Waals surface area (Å²) >= 11 is 5.96. The first-order valence-corrected chi connectivity index (χ1v) is 6.59. The Hall–Kier alpha value is -1.69. The van der Waals surface area contributed by atoms with Crippen molar-refractivity contribution in [3.63, 3.8) is 0 Å². The molecule has 20 heavy (non-hydrogen) atoms. The van der Waals surface area contributed by atoms with E-state index >= 15 is 0 Å². The van der Waals surface area contributed by atoms with E-state index in [0.717, 1.165) is 5.56 Å². The highest BCUT2D eigenvalue weighted by Crippen LogP contribution is 2.44. The minimum atomic E-state index is -1.06. The minimum Gasteiger partial charge on any atom is -0.467 e. The Morgan fingerprint density at radius 3 is 2.90 bits per heavy atom. The molecule has 7 heteroatoms. The standard InChI is InChI=1S/C13H13ClFN3O2/c1-7-3-9(14)17-11-10(7)16-6-18(11)13(12(19)20-2)4-8(15)5-13/h3,6,8H,4-5H2,1-2H3. The molecule has 2 aromatic heterocycles. The lowest BCUT2D eigenvalue weighted by atomic mass is 9.75. The Balaban J connectivity index is 2.20. The zero-order chi connectivity index (χ0) is 14.5. The number of aromatic nitrogens is 3. The molecule has 0 aliphatic heterocycles. The Morgan fingerprint density at radius 1 is 1.60 bits per heavy atom. The van der Waals surface area contributed by atoms with Crippen LogP contribution in [0.2, 0.25) is 5.15 Å². The molecule has 2 heterocycles. The van der Waals surface area contributed by atoms with Crippen molar-refractivity contribution in [3.05, 3.63) is 23.1 Å². The van der Waals surface area contributed by atoms with Crippen molar-refractivity contribution in [3.8, 4) is 0 Å². The first-order chi connectivity index (χ1) is 9.48. The Labute approximate surface area is 119 Å². The quantitative estimate of drug-likeness (QED) is 0.631. The van der Waals surface area contributed by atoms with Crippen LogP contribution in [0.1, 0.15) is 18.4 Å². The monoisotopic (exact) mass is 297 g/mol. The molecule has 0 aromatic carbocycles. The SMILES string of the molecule is COC(=O)C1(n2cnc3c(C)cc(Cl)nc32)CC(F)C1. The number of alkyl halides is 1. The van der Waals surface area contributed by atoms with Crippen LogP contribution in [0.25, 0.3) is 11.2 Å². The van der Waals surface area contributed by atoms with Crippen LogP contribution in [0.5, 0.6) is 0 Å². The van der Waals surface area contributed by atoms with Gasteiger partial charge in [0.1, 0.15) is 16.8 Å². The third-order valence-corrected chi connectivity index (χ3v) is 4.00. The number of nitrogens with zero attached hydrogens (tertiary/aromatic N) is 3. The number of fused-ring (bicyclic) bond motifs is 1. The summed E-state index contributed by atoms with van der Waals surface area (Å²) < 4.78 is 19.8. The van der Waals surface area contributed by atoms with E-state index in [1.165, 1.54) is 13.4 Å². The van der Waals surface area contributed by atoms with E-state index in [9.17, 15) is 9.18 Å². The highest BCUT2D eigenvalue weighted by Gasteiger charge is 2.54. The molecule has 3 rings (SSSR count). The predicted octanol–water partition coefficient (Wildman–Crippen LogP) is 2.39. The van der Waals surface area contributed by atoms with Crippen molar-refractivity contribution in [1.82, 2.24) is 14.5 Å². The lowest BCUT2D eigenvalue weighted by Gasteiger charge is -2.42. The summed E-state index contributed by atoms with van der Waals surface area (Å²) in [4.78, 5) is 20.6. The van der Waals surface area contributed by atoms with Gasteiger partial charge in [0.05, 0.1) is 13.4 Å². The highest BCUT2D eigenvalue weighted by molar-refractivity contribution is 6.29. The number of aryl methyl sites for hydroxylation is 1. The number of carbonyl (C=O) groups is 1. The van der Waals surface area contributed by atoms with E-state index in [1.807, 2.05) is 6.92 Å². The molecule has 1 saturated carbocycles. The van der Waals surface area contributed by atoms with Gasteiger partial charge in [-0.2, -0.15) is 0 Å². The van der Waals surface area contributed by atoms with Crippen molar-refractivity contribution in [2.24, 2.45) is 0 Å². The van der Waals surface area contributed by atoms with Crippen LogP contribution >= 0.6 is 11.6 Å². The van der Waals surface area contributed by atoms with E-state index in [2.05, 4.69) is 9.97 Å². The van der Waals surface area contributed by atoms with Gasteiger partial charge in [-0.05, 0) is 18.6 Å². The fourth-order valence-corrected chi connectivity index (χ4v) is 2.99. The van der Waals surface area contributed by atoms with Gasteiger partial charge >= 0.3 is 5.97 Å². The largest absolute Gasteiger partial charge is 0.467 e.